The van der Waals surface area contributed by atoms with Gasteiger partial charge < -0.3 is 10.4 Å². The van der Waals surface area contributed by atoms with E-state index in [9.17, 15) is 5.11 Å². The lowest BCUT2D eigenvalue weighted by Gasteiger charge is -2.25. The number of nitrogens with zero attached hydrogens (tertiary/aromatic N) is 1. The van der Waals surface area contributed by atoms with Crippen molar-refractivity contribution >= 4 is 5.84 Å². The maximum absolute atomic E-state index is 9.36. The van der Waals surface area contributed by atoms with Crippen LogP contribution in [0.5, 0.6) is 0 Å². The van der Waals surface area contributed by atoms with E-state index >= 15 is 0 Å². The first-order chi connectivity index (χ1) is 6.84. The summed E-state index contributed by atoms with van der Waals surface area (Å²) in [5.74, 6) is 1.96. The van der Waals surface area contributed by atoms with Crippen LogP contribution in [0.4, 0.5) is 0 Å². The summed E-state index contributed by atoms with van der Waals surface area (Å²) in [6.45, 7) is 2.07. The van der Waals surface area contributed by atoms with Gasteiger partial charge in [0.2, 0.25) is 0 Å². The number of amidine groups is 1. The Morgan fingerprint density at radius 1 is 1.29 bits per heavy atom. The van der Waals surface area contributed by atoms with E-state index < -0.39 is 0 Å². The molecule has 2 N–H and O–H groups in total. The van der Waals surface area contributed by atoms with E-state index in [0.717, 1.165) is 38.3 Å². The Kier molecular flexibility index (Phi) is 3.40. The van der Waals surface area contributed by atoms with Crippen LogP contribution in [0.2, 0.25) is 0 Å². The predicted octanol–water partition coefficient (Wildman–Crippen LogP) is 1.32. The van der Waals surface area contributed by atoms with Gasteiger partial charge in [-0.15, -0.1) is 0 Å². The van der Waals surface area contributed by atoms with Gasteiger partial charge in [-0.3, -0.25) is 4.99 Å². The molecule has 0 aromatic carbocycles. The largest absolute Gasteiger partial charge is 0.393 e. The minimum atomic E-state index is -0.0323. The van der Waals surface area contributed by atoms with Gasteiger partial charge in [-0.05, 0) is 38.0 Å². The van der Waals surface area contributed by atoms with Gasteiger partial charge in [-0.1, -0.05) is 0 Å². The molecule has 0 spiro atoms. The molecule has 0 aromatic heterocycles. The highest BCUT2D eigenvalue weighted by Crippen LogP contribution is 2.23. The molecule has 2 rings (SSSR count). The van der Waals surface area contributed by atoms with E-state index in [4.69, 9.17) is 0 Å². The monoisotopic (exact) mass is 196 g/mol. The standard InChI is InChI=1S/C11H20N2O/c14-10-5-3-9(4-6-10)8-13-11-2-1-7-12-11/h9-10,14H,1-8H2,(H,12,13). The van der Waals surface area contributed by atoms with Crippen molar-refractivity contribution in [2.45, 2.75) is 44.6 Å². The molecule has 14 heavy (non-hydrogen) atoms. The van der Waals surface area contributed by atoms with Crippen LogP contribution in [0.25, 0.3) is 0 Å². The van der Waals surface area contributed by atoms with Gasteiger partial charge in [0, 0.05) is 19.5 Å². The van der Waals surface area contributed by atoms with Gasteiger partial charge in [0.15, 0.2) is 0 Å². The number of aliphatic imine (C=N–C) groups is 1. The number of hydrogen-bond acceptors (Lipinski definition) is 3. The van der Waals surface area contributed by atoms with Gasteiger partial charge in [-0.2, -0.15) is 0 Å². The molecule has 0 amide bonds. The van der Waals surface area contributed by atoms with E-state index in [0.29, 0.717) is 0 Å². The lowest BCUT2D eigenvalue weighted by molar-refractivity contribution is 0.109. The lowest BCUT2D eigenvalue weighted by atomic mass is 9.87. The third kappa shape index (κ3) is 2.71. The van der Waals surface area contributed by atoms with Crippen molar-refractivity contribution in [2.75, 3.05) is 13.1 Å². The van der Waals surface area contributed by atoms with Crippen LogP contribution in [-0.2, 0) is 0 Å². The van der Waals surface area contributed by atoms with Gasteiger partial charge >= 0.3 is 0 Å². The molecular formula is C11H20N2O. The first-order valence-electron chi connectivity index (χ1n) is 5.80. The minimum Gasteiger partial charge on any atom is -0.393 e. The number of hydrogen-bond donors (Lipinski definition) is 2. The van der Waals surface area contributed by atoms with E-state index in [2.05, 4.69) is 10.3 Å². The van der Waals surface area contributed by atoms with Crippen molar-refractivity contribution < 1.29 is 5.11 Å². The van der Waals surface area contributed by atoms with Crippen LogP contribution >= 0.6 is 0 Å². The van der Waals surface area contributed by atoms with E-state index in [1.807, 2.05) is 0 Å². The second-order valence-corrected chi connectivity index (χ2v) is 4.49. The quantitative estimate of drug-likeness (QED) is 0.699. The van der Waals surface area contributed by atoms with Crippen LogP contribution in [-0.4, -0.2) is 30.1 Å². The molecule has 0 saturated heterocycles. The highest BCUT2D eigenvalue weighted by molar-refractivity contribution is 5.83. The molecule has 1 saturated carbocycles. The molecule has 0 radical (unpaired) electrons. The fourth-order valence-electron chi connectivity index (χ4n) is 2.29. The topological polar surface area (TPSA) is 44.6 Å². The summed E-state index contributed by atoms with van der Waals surface area (Å²) < 4.78 is 0. The smallest absolute Gasteiger partial charge is 0.0963 e. The van der Waals surface area contributed by atoms with E-state index in [-0.39, 0.29) is 6.10 Å². The first-order valence-corrected chi connectivity index (χ1v) is 5.80. The fourth-order valence-corrected chi connectivity index (χ4v) is 2.29. The van der Waals surface area contributed by atoms with E-state index in [1.165, 1.54) is 25.1 Å². The van der Waals surface area contributed by atoms with Gasteiger partial charge in [0.25, 0.3) is 0 Å². The van der Waals surface area contributed by atoms with Crippen molar-refractivity contribution in [3.05, 3.63) is 0 Å². The fraction of sp³-hybridized carbons (Fsp3) is 0.909. The second-order valence-electron chi connectivity index (χ2n) is 4.49. The van der Waals surface area contributed by atoms with Crippen LogP contribution in [0, 0.1) is 5.92 Å². The van der Waals surface area contributed by atoms with Crippen molar-refractivity contribution in [2.24, 2.45) is 10.9 Å². The third-order valence-corrected chi connectivity index (χ3v) is 3.29. The third-order valence-electron chi connectivity index (χ3n) is 3.29. The van der Waals surface area contributed by atoms with Gasteiger partial charge in [0.1, 0.15) is 0 Å². The molecule has 0 aromatic rings. The van der Waals surface area contributed by atoms with Crippen molar-refractivity contribution in [1.29, 1.82) is 0 Å². The summed E-state index contributed by atoms with van der Waals surface area (Å²) in [6.07, 6.45) is 6.62. The molecule has 3 heteroatoms. The maximum atomic E-state index is 9.36. The van der Waals surface area contributed by atoms with Crippen LogP contribution in [0.3, 0.4) is 0 Å². The zero-order valence-electron chi connectivity index (χ0n) is 8.71. The summed E-state index contributed by atoms with van der Waals surface area (Å²) >= 11 is 0. The average Bonchev–Trinajstić information content (AvgIpc) is 2.70. The Bertz CT molecular complexity index is 207. The zero-order valence-corrected chi connectivity index (χ0v) is 8.71. The highest BCUT2D eigenvalue weighted by Gasteiger charge is 2.19. The summed E-state index contributed by atoms with van der Waals surface area (Å²) in [5, 5.41) is 12.8. The summed E-state index contributed by atoms with van der Waals surface area (Å²) in [4.78, 5) is 4.39. The summed E-state index contributed by atoms with van der Waals surface area (Å²) in [6, 6.07) is 0. The van der Waals surface area contributed by atoms with Crippen molar-refractivity contribution in [1.82, 2.24) is 5.32 Å². The number of rotatable bonds is 2. The van der Waals surface area contributed by atoms with Crippen LogP contribution in [0.1, 0.15) is 38.5 Å². The van der Waals surface area contributed by atoms with Gasteiger partial charge in [-0.25, -0.2) is 0 Å². The Morgan fingerprint density at radius 3 is 2.71 bits per heavy atom. The molecule has 1 aliphatic carbocycles. The molecule has 2 aliphatic rings. The Labute approximate surface area is 85.6 Å². The predicted molar refractivity (Wildman–Crippen MR) is 57.5 cm³/mol. The van der Waals surface area contributed by atoms with Crippen LogP contribution in [0.15, 0.2) is 4.99 Å². The molecule has 1 aliphatic heterocycles. The van der Waals surface area contributed by atoms with Gasteiger partial charge in [0.05, 0.1) is 11.9 Å². The minimum absolute atomic E-state index is 0.0323. The van der Waals surface area contributed by atoms with Crippen molar-refractivity contribution in [3.8, 4) is 0 Å². The Hall–Kier alpha value is -0.570. The molecule has 3 nitrogen and oxygen atoms in total. The molecule has 0 bridgehead atoms. The Balaban J connectivity index is 1.65. The number of nitrogens with one attached hydrogen (secondary N) is 1. The normalized spacial score (nSPS) is 32.8. The first kappa shape index (κ1) is 9.97. The molecule has 0 unspecified atom stereocenters. The average molecular weight is 196 g/mol. The van der Waals surface area contributed by atoms with Crippen molar-refractivity contribution in [3.63, 3.8) is 0 Å². The Morgan fingerprint density at radius 2 is 2.07 bits per heavy atom. The SMILES string of the molecule is OC1CCC(CNC2=NCCC2)CC1. The molecule has 0 atom stereocenters. The number of aliphatic hydroxyl groups is 1. The molecular weight excluding hydrogens is 176 g/mol. The zero-order chi connectivity index (χ0) is 9.80. The second kappa shape index (κ2) is 4.78. The molecule has 1 fully saturated rings. The number of aliphatic hydroxyl groups excluding tert-OH is 1. The van der Waals surface area contributed by atoms with Crippen LogP contribution < -0.4 is 5.32 Å². The summed E-state index contributed by atoms with van der Waals surface area (Å²) in [7, 11) is 0. The molecule has 80 valence electrons. The highest BCUT2D eigenvalue weighted by atomic mass is 16.3. The molecule has 1 heterocycles. The summed E-state index contributed by atoms with van der Waals surface area (Å²) in [5.41, 5.74) is 0. The van der Waals surface area contributed by atoms with E-state index in [1.54, 1.807) is 0 Å². The lowest BCUT2D eigenvalue weighted by Crippen LogP contribution is -2.31. The maximum Gasteiger partial charge on any atom is 0.0963 e.